The van der Waals surface area contributed by atoms with Gasteiger partial charge in [-0.2, -0.15) is 0 Å². The number of phenolic OH excluding ortho intramolecular Hbond substituents is 1. The van der Waals surface area contributed by atoms with Crippen LogP contribution < -0.4 is 4.31 Å². The molecule has 0 radical (unpaired) electrons. The van der Waals surface area contributed by atoms with Crippen molar-refractivity contribution in [2.24, 2.45) is 0 Å². The molecule has 6 heteroatoms. The van der Waals surface area contributed by atoms with Gasteiger partial charge in [-0.15, -0.1) is 0 Å². The second kappa shape index (κ2) is 4.49. The van der Waals surface area contributed by atoms with Crippen LogP contribution in [-0.4, -0.2) is 20.1 Å². The summed E-state index contributed by atoms with van der Waals surface area (Å²) < 4.78 is 39.6. The van der Waals surface area contributed by atoms with Crippen molar-refractivity contribution < 1.29 is 17.9 Å². The molecule has 0 saturated heterocycles. The van der Waals surface area contributed by atoms with Gasteiger partial charge in [0.2, 0.25) is 0 Å². The van der Waals surface area contributed by atoms with Crippen LogP contribution in [0.3, 0.4) is 0 Å². The largest absolute Gasteiger partial charge is 0.508 e. The van der Waals surface area contributed by atoms with Gasteiger partial charge in [0, 0.05) is 12.6 Å². The third kappa shape index (κ3) is 2.02. The Bertz CT molecular complexity index is 774. The molecule has 0 unspecified atom stereocenters. The van der Waals surface area contributed by atoms with Crippen molar-refractivity contribution in [1.29, 1.82) is 0 Å². The van der Waals surface area contributed by atoms with E-state index in [1.807, 2.05) is 0 Å². The van der Waals surface area contributed by atoms with E-state index in [4.69, 9.17) is 0 Å². The van der Waals surface area contributed by atoms with Crippen molar-refractivity contribution in [1.82, 2.24) is 0 Å². The summed E-state index contributed by atoms with van der Waals surface area (Å²) in [5.74, 6) is -0.591. The average Bonchev–Trinajstić information content (AvgIpc) is 2.82. The van der Waals surface area contributed by atoms with Gasteiger partial charge >= 0.3 is 0 Å². The van der Waals surface area contributed by atoms with E-state index in [1.54, 1.807) is 6.07 Å². The normalized spacial score (nSPS) is 14.3. The van der Waals surface area contributed by atoms with Crippen molar-refractivity contribution in [3.05, 3.63) is 53.8 Å². The molecule has 1 aliphatic rings. The van der Waals surface area contributed by atoms with E-state index >= 15 is 0 Å². The molecule has 104 valence electrons. The number of hydrogen-bond donors (Lipinski definition) is 1. The Morgan fingerprint density at radius 3 is 2.70 bits per heavy atom. The highest BCUT2D eigenvalue weighted by Crippen LogP contribution is 2.33. The summed E-state index contributed by atoms with van der Waals surface area (Å²) in [6.07, 6.45) is 0.549. The predicted octanol–water partition coefficient (Wildman–Crippen LogP) is 2.28. The smallest absolute Gasteiger partial charge is 0.264 e. The Hall–Kier alpha value is -2.08. The summed E-state index contributed by atoms with van der Waals surface area (Å²) in [5.41, 5.74) is 1.17. The molecule has 1 heterocycles. The van der Waals surface area contributed by atoms with Crippen LogP contribution in [0.1, 0.15) is 5.56 Å². The first kappa shape index (κ1) is 12.9. The molecular weight excluding hydrogens is 281 g/mol. The second-order valence-electron chi connectivity index (χ2n) is 4.60. The maximum absolute atomic E-state index is 13.3. The first-order chi connectivity index (χ1) is 9.48. The van der Waals surface area contributed by atoms with Gasteiger partial charge < -0.3 is 5.11 Å². The molecule has 0 amide bonds. The molecule has 2 aromatic rings. The van der Waals surface area contributed by atoms with Gasteiger partial charge in [-0.3, -0.25) is 4.31 Å². The maximum Gasteiger partial charge on any atom is 0.264 e. The Kier molecular flexibility index (Phi) is 2.90. The maximum atomic E-state index is 13.3. The van der Waals surface area contributed by atoms with Gasteiger partial charge in [-0.25, -0.2) is 12.8 Å². The molecule has 0 saturated carbocycles. The van der Waals surface area contributed by atoms with E-state index in [-0.39, 0.29) is 17.2 Å². The number of anilines is 1. The predicted molar refractivity (Wildman–Crippen MR) is 72.7 cm³/mol. The molecule has 0 fully saturated rings. The van der Waals surface area contributed by atoms with Crippen molar-refractivity contribution in [2.45, 2.75) is 11.3 Å². The number of fused-ring (bicyclic) bond motifs is 1. The van der Waals surface area contributed by atoms with Crippen molar-refractivity contribution in [3.8, 4) is 5.75 Å². The van der Waals surface area contributed by atoms with Gasteiger partial charge in [0.1, 0.15) is 11.6 Å². The lowest BCUT2D eigenvalue weighted by atomic mass is 10.2. The molecule has 20 heavy (non-hydrogen) atoms. The number of halogens is 1. The van der Waals surface area contributed by atoms with Crippen LogP contribution in [-0.2, 0) is 16.4 Å². The van der Waals surface area contributed by atoms with Gasteiger partial charge in [0.15, 0.2) is 0 Å². The third-order valence-electron chi connectivity index (χ3n) is 3.31. The van der Waals surface area contributed by atoms with Crippen LogP contribution in [0.15, 0.2) is 47.4 Å². The molecule has 0 aliphatic carbocycles. The molecule has 0 spiro atoms. The van der Waals surface area contributed by atoms with Crippen molar-refractivity contribution in [2.75, 3.05) is 10.8 Å². The standard InChI is InChI=1S/C14H12FNO3S/c15-11-5-4-10-6-7-16(14(10)8-11)20(18,19)13-3-1-2-12(17)9-13/h1-5,8-9,17H,6-7H2. The van der Waals surface area contributed by atoms with Crippen LogP contribution in [0, 0.1) is 5.82 Å². The molecule has 3 rings (SSSR count). The van der Waals surface area contributed by atoms with Crippen LogP contribution >= 0.6 is 0 Å². The van der Waals surface area contributed by atoms with Gasteiger partial charge in [0.05, 0.1) is 10.6 Å². The van der Waals surface area contributed by atoms with Crippen LogP contribution in [0.5, 0.6) is 5.75 Å². The summed E-state index contributed by atoms with van der Waals surface area (Å²) in [6.45, 7) is 0.275. The molecule has 0 bridgehead atoms. The Balaban J connectivity index is 2.09. The highest BCUT2D eigenvalue weighted by Gasteiger charge is 2.31. The molecule has 1 aliphatic heterocycles. The Labute approximate surface area is 116 Å². The van der Waals surface area contributed by atoms with E-state index < -0.39 is 15.8 Å². The lowest BCUT2D eigenvalue weighted by Gasteiger charge is -2.19. The van der Waals surface area contributed by atoms with E-state index in [9.17, 15) is 17.9 Å². The summed E-state index contributed by atoms with van der Waals surface area (Å²) in [5, 5.41) is 9.42. The SMILES string of the molecule is O=S(=O)(c1cccc(O)c1)N1CCc2ccc(F)cc21. The van der Waals surface area contributed by atoms with Gasteiger partial charge in [-0.1, -0.05) is 12.1 Å². The molecule has 1 N–H and O–H groups in total. The first-order valence-electron chi connectivity index (χ1n) is 6.09. The van der Waals surface area contributed by atoms with Crippen LogP contribution in [0.4, 0.5) is 10.1 Å². The highest BCUT2D eigenvalue weighted by molar-refractivity contribution is 7.92. The summed E-state index contributed by atoms with van der Waals surface area (Å²) in [4.78, 5) is -0.00499. The quantitative estimate of drug-likeness (QED) is 0.924. The van der Waals surface area contributed by atoms with Crippen LogP contribution in [0.2, 0.25) is 0 Å². The zero-order valence-corrected chi connectivity index (χ0v) is 11.3. The summed E-state index contributed by atoms with van der Waals surface area (Å²) >= 11 is 0. The highest BCUT2D eigenvalue weighted by atomic mass is 32.2. The Morgan fingerprint density at radius 1 is 1.15 bits per heavy atom. The third-order valence-corrected chi connectivity index (χ3v) is 5.12. The topological polar surface area (TPSA) is 57.6 Å². The monoisotopic (exact) mass is 293 g/mol. The number of rotatable bonds is 2. The molecular formula is C14H12FNO3S. The zero-order chi connectivity index (χ0) is 14.3. The number of aromatic hydroxyl groups is 1. The number of nitrogens with zero attached hydrogens (tertiary/aromatic N) is 1. The van der Waals surface area contributed by atoms with Gasteiger partial charge in [0.25, 0.3) is 10.0 Å². The number of benzene rings is 2. The average molecular weight is 293 g/mol. The minimum Gasteiger partial charge on any atom is -0.508 e. The zero-order valence-electron chi connectivity index (χ0n) is 10.5. The molecule has 0 atom stereocenters. The van der Waals surface area contributed by atoms with E-state index in [2.05, 4.69) is 0 Å². The second-order valence-corrected chi connectivity index (χ2v) is 6.46. The lowest BCUT2D eigenvalue weighted by molar-refractivity contribution is 0.473. The lowest BCUT2D eigenvalue weighted by Crippen LogP contribution is -2.29. The minimum atomic E-state index is -3.78. The molecule has 2 aromatic carbocycles. The van der Waals surface area contributed by atoms with E-state index in [0.29, 0.717) is 12.1 Å². The number of sulfonamides is 1. The fraction of sp³-hybridized carbons (Fsp3) is 0.143. The van der Waals surface area contributed by atoms with Crippen molar-refractivity contribution >= 4 is 15.7 Å². The van der Waals surface area contributed by atoms with Crippen LogP contribution in [0.25, 0.3) is 0 Å². The van der Waals surface area contributed by atoms with Crippen molar-refractivity contribution in [3.63, 3.8) is 0 Å². The molecule has 0 aromatic heterocycles. The Morgan fingerprint density at radius 2 is 1.95 bits per heavy atom. The summed E-state index contributed by atoms with van der Waals surface area (Å²) in [6, 6.07) is 9.61. The molecule has 4 nitrogen and oxygen atoms in total. The van der Waals surface area contributed by atoms with Gasteiger partial charge in [-0.05, 0) is 36.2 Å². The number of phenols is 1. The van der Waals surface area contributed by atoms with E-state index in [0.717, 1.165) is 5.56 Å². The minimum absolute atomic E-state index is 0.00499. The number of hydrogen-bond acceptors (Lipinski definition) is 3. The fourth-order valence-corrected chi connectivity index (χ4v) is 3.88. The van der Waals surface area contributed by atoms with E-state index in [1.165, 1.54) is 40.7 Å². The fourth-order valence-electron chi connectivity index (χ4n) is 2.34. The first-order valence-corrected chi connectivity index (χ1v) is 7.53. The summed E-state index contributed by atoms with van der Waals surface area (Å²) in [7, 11) is -3.78.